The van der Waals surface area contributed by atoms with E-state index in [1.807, 2.05) is 20.2 Å². The Balaban J connectivity index is 2.49. The second kappa shape index (κ2) is 4.97. The lowest BCUT2D eigenvalue weighted by molar-refractivity contribution is 0.541. The fourth-order valence-electron chi connectivity index (χ4n) is 1.44. The minimum absolute atomic E-state index is 0.675. The van der Waals surface area contributed by atoms with Crippen molar-refractivity contribution >= 4 is 0 Å². The van der Waals surface area contributed by atoms with Crippen molar-refractivity contribution in [3.8, 4) is 0 Å². The molecular weight excluding hydrogens is 160 g/mol. The Labute approximate surface area is 80.4 Å². The van der Waals surface area contributed by atoms with Gasteiger partial charge in [0.15, 0.2) is 0 Å². The number of nitrogens with one attached hydrogen (secondary N) is 1. The van der Waals surface area contributed by atoms with Crippen LogP contribution in [0.15, 0.2) is 18.3 Å². The Kier molecular flexibility index (Phi) is 3.90. The van der Waals surface area contributed by atoms with Gasteiger partial charge in [0.1, 0.15) is 0 Å². The van der Waals surface area contributed by atoms with Crippen LogP contribution in [-0.4, -0.2) is 18.6 Å². The topological polar surface area (TPSA) is 24.9 Å². The van der Waals surface area contributed by atoms with E-state index < -0.39 is 0 Å². The van der Waals surface area contributed by atoms with Gasteiger partial charge in [-0.1, -0.05) is 13.0 Å². The van der Waals surface area contributed by atoms with Gasteiger partial charge in [0.25, 0.3) is 0 Å². The van der Waals surface area contributed by atoms with Crippen molar-refractivity contribution in [1.82, 2.24) is 10.3 Å². The molecule has 0 amide bonds. The molecule has 1 heterocycles. The summed E-state index contributed by atoms with van der Waals surface area (Å²) in [7, 11) is 1.99. The van der Waals surface area contributed by atoms with Gasteiger partial charge in [0.2, 0.25) is 0 Å². The Morgan fingerprint density at radius 2 is 2.23 bits per heavy atom. The predicted molar refractivity (Wildman–Crippen MR) is 55.8 cm³/mol. The van der Waals surface area contributed by atoms with E-state index in [1.165, 1.54) is 5.56 Å². The number of rotatable bonds is 4. The Morgan fingerprint density at radius 3 is 2.77 bits per heavy atom. The zero-order valence-corrected chi connectivity index (χ0v) is 8.67. The largest absolute Gasteiger partial charge is 0.319 e. The van der Waals surface area contributed by atoms with Gasteiger partial charge in [-0.25, -0.2) is 0 Å². The average molecular weight is 178 g/mol. The highest BCUT2D eigenvalue weighted by atomic mass is 14.8. The van der Waals surface area contributed by atoms with Crippen LogP contribution in [0.3, 0.4) is 0 Å². The van der Waals surface area contributed by atoms with Gasteiger partial charge in [0.05, 0.1) is 0 Å². The molecule has 0 saturated heterocycles. The lowest BCUT2D eigenvalue weighted by atomic mass is 10.0. The standard InChI is InChI=1S/C11H18N2/c1-9(7-12-3)6-11-5-4-10(2)13-8-11/h4-5,8-9,12H,6-7H2,1-3H3. The van der Waals surface area contributed by atoms with Gasteiger partial charge in [0, 0.05) is 11.9 Å². The smallest absolute Gasteiger partial charge is 0.0372 e. The highest BCUT2D eigenvalue weighted by Gasteiger charge is 2.01. The third-order valence-electron chi connectivity index (χ3n) is 2.11. The first kappa shape index (κ1) is 10.2. The fraction of sp³-hybridized carbons (Fsp3) is 0.545. The number of nitrogens with zero attached hydrogens (tertiary/aromatic N) is 1. The molecule has 1 rings (SSSR count). The predicted octanol–water partition coefficient (Wildman–Crippen LogP) is 1.79. The Bertz CT molecular complexity index is 241. The van der Waals surface area contributed by atoms with Crippen LogP contribution in [0.1, 0.15) is 18.2 Å². The molecule has 1 atom stereocenters. The monoisotopic (exact) mass is 178 g/mol. The molecule has 0 radical (unpaired) electrons. The molecule has 72 valence electrons. The number of aryl methyl sites for hydroxylation is 1. The normalized spacial score (nSPS) is 12.8. The second-order valence-electron chi connectivity index (χ2n) is 3.67. The zero-order chi connectivity index (χ0) is 9.68. The van der Waals surface area contributed by atoms with Crippen LogP contribution in [-0.2, 0) is 6.42 Å². The molecule has 13 heavy (non-hydrogen) atoms. The maximum atomic E-state index is 4.27. The van der Waals surface area contributed by atoms with E-state index in [0.717, 1.165) is 18.7 Å². The summed E-state index contributed by atoms with van der Waals surface area (Å²) in [6, 6.07) is 4.23. The maximum absolute atomic E-state index is 4.27. The Morgan fingerprint density at radius 1 is 1.46 bits per heavy atom. The van der Waals surface area contributed by atoms with Crippen molar-refractivity contribution in [2.45, 2.75) is 20.3 Å². The second-order valence-corrected chi connectivity index (χ2v) is 3.67. The summed E-state index contributed by atoms with van der Waals surface area (Å²) in [5, 5.41) is 3.18. The minimum atomic E-state index is 0.675. The van der Waals surface area contributed by atoms with Crippen molar-refractivity contribution < 1.29 is 0 Å². The fourth-order valence-corrected chi connectivity index (χ4v) is 1.44. The number of aromatic nitrogens is 1. The summed E-state index contributed by atoms with van der Waals surface area (Å²) in [4.78, 5) is 4.27. The van der Waals surface area contributed by atoms with Gasteiger partial charge >= 0.3 is 0 Å². The van der Waals surface area contributed by atoms with E-state index in [9.17, 15) is 0 Å². The molecule has 1 aromatic rings. The van der Waals surface area contributed by atoms with Gasteiger partial charge in [-0.2, -0.15) is 0 Å². The van der Waals surface area contributed by atoms with Crippen molar-refractivity contribution in [3.63, 3.8) is 0 Å². The molecule has 0 fully saturated rings. The van der Waals surface area contributed by atoms with E-state index in [1.54, 1.807) is 0 Å². The molecule has 2 heteroatoms. The number of hydrogen-bond acceptors (Lipinski definition) is 2. The van der Waals surface area contributed by atoms with E-state index in [0.29, 0.717) is 5.92 Å². The molecule has 1 aromatic heterocycles. The summed E-state index contributed by atoms with van der Waals surface area (Å²) in [5.41, 5.74) is 2.42. The summed E-state index contributed by atoms with van der Waals surface area (Å²) >= 11 is 0. The zero-order valence-electron chi connectivity index (χ0n) is 8.67. The van der Waals surface area contributed by atoms with E-state index in [2.05, 4.69) is 29.4 Å². The van der Waals surface area contributed by atoms with Gasteiger partial charge in [-0.15, -0.1) is 0 Å². The molecule has 0 saturated carbocycles. The summed E-state index contributed by atoms with van der Waals surface area (Å²) in [6.07, 6.45) is 3.08. The lowest BCUT2D eigenvalue weighted by Crippen LogP contribution is -2.17. The third-order valence-corrected chi connectivity index (χ3v) is 2.11. The lowest BCUT2D eigenvalue weighted by Gasteiger charge is -2.09. The first-order valence-corrected chi connectivity index (χ1v) is 4.78. The highest BCUT2D eigenvalue weighted by molar-refractivity contribution is 5.13. The van der Waals surface area contributed by atoms with Crippen LogP contribution in [0.25, 0.3) is 0 Å². The molecule has 0 aliphatic rings. The highest BCUT2D eigenvalue weighted by Crippen LogP contribution is 2.06. The first-order chi connectivity index (χ1) is 6.22. The van der Waals surface area contributed by atoms with Crippen molar-refractivity contribution in [2.24, 2.45) is 5.92 Å². The molecule has 1 unspecified atom stereocenters. The average Bonchev–Trinajstić information content (AvgIpc) is 2.09. The SMILES string of the molecule is CNCC(C)Cc1ccc(C)nc1. The molecule has 0 aliphatic heterocycles. The van der Waals surface area contributed by atoms with Crippen molar-refractivity contribution in [2.75, 3.05) is 13.6 Å². The molecular formula is C11H18N2. The molecule has 0 aromatic carbocycles. The van der Waals surface area contributed by atoms with E-state index >= 15 is 0 Å². The van der Waals surface area contributed by atoms with Crippen LogP contribution < -0.4 is 5.32 Å². The van der Waals surface area contributed by atoms with Crippen molar-refractivity contribution in [3.05, 3.63) is 29.6 Å². The summed E-state index contributed by atoms with van der Waals surface area (Å²) in [5.74, 6) is 0.675. The molecule has 0 aliphatic carbocycles. The van der Waals surface area contributed by atoms with Crippen LogP contribution >= 0.6 is 0 Å². The van der Waals surface area contributed by atoms with Crippen LogP contribution in [0, 0.1) is 12.8 Å². The molecule has 2 nitrogen and oxygen atoms in total. The quantitative estimate of drug-likeness (QED) is 0.760. The number of pyridine rings is 1. The van der Waals surface area contributed by atoms with Gasteiger partial charge < -0.3 is 5.32 Å². The Hall–Kier alpha value is -0.890. The molecule has 0 bridgehead atoms. The summed E-state index contributed by atoms with van der Waals surface area (Å²) < 4.78 is 0. The number of hydrogen-bond donors (Lipinski definition) is 1. The maximum Gasteiger partial charge on any atom is 0.0372 e. The molecule has 1 N–H and O–H groups in total. The van der Waals surface area contributed by atoms with Crippen molar-refractivity contribution in [1.29, 1.82) is 0 Å². The first-order valence-electron chi connectivity index (χ1n) is 4.78. The van der Waals surface area contributed by atoms with Crippen LogP contribution in [0.5, 0.6) is 0 Å². The van der Waals surface area contributed by atoms with Gasteiger partial charge in [-0.3, -0.25) is 4.98 Å². The third kappa shape index (κ3) is 3.55. The summed E-state index contributed by atoms with van der Waals surface area (Å²) in [6.45, 7) is 5.32. The van der Waals surface area contributed by atoms with E-state index in [-0.39, 0.29) is 0 Å². The van der Waals surface area contributed by atoms with Crippen LogP contribution in [0.4, 0.5) is 0 Å². The van der Waals surface area contributed by atoms with E-state index in [4.69, 9.17) is 0 Å². The van der Waals surface area contributed by atoms with Crippen LogP contribution in [0.2, 0.25) is 0 Å². The van der Waals surface area contributed by atoms with Gasteiger partial charge in [-0.05, 0) is 44.5 Å². The molecule has 0 spiro atoms. The minimum Gasteiger partial charge on any atom is -0.319 e.